The van der Waals surface area contributed by atoms with Crippen molar-refractivity contribution in [2.75, 3.05) is 11.9 Å². The third-order valence-electron chi connectivity index (χ3n) is 3.11. The lowest BCUT2D eigenvalue weighted by Gasteiger charge is -2.08. The molecule has 2 N–H and O–H groups in total. The van der Waals surface area contributed by atoms with E-state index in [2.05, 4.69) is 15.3 Å². The van der Waals surface area contributed by atoms with Crippen LogP contribution in [0, 0.1) is 0 Å². The van der Waals surface area contributed by atoms with Crippen LogP contribution in [0.25, 0.3) is 0 Å². The third kappa shape index (κ3) is 1.99. The Labute approximate surface area is 109 Å². The van der Waals surface area contributed by atoms with Crippen molar-refractivity contribution in [3.05, 3.63) is 56.6 Å². The Hall–Kier alpha value is -1.81. The second-order valence-corrected chi connectivity index (χ2v) is 4.70. The number of benzene rings is 1. The van der Waals surface area contributed by atoms with Crippen LogP contribution >= 0.6 is 11.6 Å². The zero-order valence-corrected chi connectivity index (χ0v) is 10.4. The Kier molecular flexibility index (Phi) is 2.80. The number of hydrogen-bond donors (Lipinski definition) is 2. The lowest BCUT2D eigenvalue weighted by molar-refractivity contribution is 0.949. The fourth-order valence-corrected chi connectivity index (χ4v) is 2.45. The highest BCUT2D eigenvalue weighted by Gasteiger charge is 2.17. The number of halogens is 1. The summed E-state index contributed by atoms with van der Waals surface area (Å²) in [6, 6.07) is 7.66. The molecule has 2 aromatic rings. The van der Waals surface area contributed by atoms with Gasteiger partial charge in [-0.2, -0.15) is 4.98 Å². The predicted molar refractivity (Wildman–Crippen MR) is 71.3 cm³/mol. The second-order valence-electron chi connectivity index (χ2n) is 4.29. The summed E-state index contributed by atoms with van der Waals surface area (Å²) in [5, 5.41) is 3.84. The van der Waals surface area contributed by atoms with Gasteiger partial charge in [0.25, 0.3) is 0 Å². The molecule has 0 aliphatic carbocycles. The van der Waals surface area contributed by atoms with Gasteiger partial charge >= 0.3 is 5.69 Å². The summed E-state index contributed by atoms with van der Waals surface area (Å²) in [4.78, 5) is 18.2. The van der Waals surface area contributed by atoms with Gasteiger partial charge in [0.15, 0.2) is 0 Å². The molecule has 1 aromatic heterocycles. The predicted octanol–water partition coefficient (Wildman–Crippen LogP) is 1.98. The Morgan fingerprint density at radius 1 is 1.33 bits per heavy atom. The lowest BCUT2D eigenvalue weighted by atomic mass is 10.0. The van der Waals surface area contributed by atoms with E-state index in [0.29, 0.717) is 12.2 Å². The summed E-state index contributed by atoms with van der Waals surface area (Å²) in [6.45, 7) is 0.829. The summed E-state index contributed by atoms with van der Waals surface area (Å²) in [6.07, 6.45) is 1.51. The van der Waals surface area contributed by atoms with Gasteiger partial charge in [0, 0.05) is 29.2 Å². The molecule has 4 nitrogen and oxygen atoms in total. The maximum Gasteiger partial charge on any atom is 0.347 e. The molecule has 18 heavy (non-hydrogen) atoms. The quantitative estimate of drug-likeness (QED) is 0.869. The van der Waals surface area contributed by atoms with E-state index < -0.39 is 0 Å². The van der Waals surface area contributed by atoms with E-state index in [0.717, 1.165) is 34.8 Å². The molecular weight excluding hydrogens is 250 g/mol. The van der Waals surface area contributed by atoms with Crippen molar-refractivity contribution in [3.8, 4) is 0 Å². The first-order valence-corrected chi connectivity index (χ1v) is 6.21. The molecule has 2 heterocycles. The zero-order valence-electron chi connectivity index (χ0n) is 9.66. The molecule has 1 aromatic carbocycles. The SMILES string of the molecule is O=c1nc2c(c(Cc3ccccc3Cl)[nH]1)CCN2. The van der Waals surface area contributed by atoms with Gasteiger partial charge in [0.1, 0.15) is 5.82 Å². The molecule has 0 saturated carbocycles. The Morgan fingerprint density at radius 3 is 3.00 bits per heavy atom. The minimum Gasteiger partial charge on any atom is -0.369 e. The van der Waals surface area contributed by atoms with Crippen LogP contribution in [-0.4, -0.2) is 16.5 Å². The smallest absolute Gasteiger partial charge is 0.347 e. The van der Waals surface area contributed by atoms with Gasteiger partial charge in [-0.1, -0.05) is 29.8 Å². The van der Waals surface area contributed by atoms with Gasteiger partial charge in [-0.25, -0.2) is 4.79 Å². The largest absolute Gasteiger partial charge is 0.369 e. The molecule has 0 spiro atoms. The van der Waals surface area contributed by atoms with Crippen molar-refractivity contribution in [2.45, 2.75) is 12.8 Å². The van der Waals surface area contributed by atoms with Crippen molar-refractivity contribution < 1.29 is 0 Å². The summed E-state index contributed by atoms with van der Waals surface area (Å²) < 4.78 is 0. The van der Waals surface area contributed by atoms with Gasteiger partial charge in [-0.15, -0.1) is 0 Å². The van der Waals surface area contributed by atoms with E-state index in [1.165, 1.54) is 0 Å². The van der Waals surface area contributed by atoms with Crippen LogP contribution in [0.15, 0.2) is 29.1 Å². The van der Waals surface area contributed by atoms with E-state index in [-0.39, 0.29) is 5.69 Å². The first-order valence-electron chi connectivity index (χ1n) is 5.83. The lowest BCUT2D eigenvalue weighted by Crippen LogP contribution is -2.15. The normalized spacial score (nSPS) is 13.2. The number of rotatable bonds is 2. The van der Waals surface area contributed by atoms with E-state index in [4.69, 9.17) is 11.6 Å². The molecule has 92 valence electrons. The first kappa shape index (κ1) is 11.3. The molecule has 0 amide bonds. The van der Waals surface area contributed by atoms with Crippen LogP contribution in [0.3, 0.4) is 0 Å². The highest BCUT2D eigenvalue weighted by Crippen LogP contribution is 2.24. The maximum atomic E-state index is 11.5. The second kappa shape index (κ2) is 4.46. The van der Waals surface area contributed by atoms with E-state index in [1.54, 1.807) is 0 Å². The Morgan fingerprint density at radius 2 is 2.17 bits per heavy atom. The van der Waals surface area contributed by atoms with E-state index in [9.17, 15) is 4.79 Å². The van der Waals surface area contributed by atoms with Gasteiger partial charge in [-0.05, 0) is 18.1 Å². The van der Waals surface area contributed by atoms with Crippen LogP contribution in [0.5, 0.6) is 0 Å². The number of nitrogens with one attached hydrogen (secondary N) is 2. The minimum atomic E-state index is -0.315. The van der Waals surface area contributed by atoms with Crippen molar-refractivity contribution in [1.82, 2.24) is 9.97 Å². The van der Waals surface area contributed by atoms with Gasteiger partial charge in [-0.3, -0.25) is 0 Å². The van der Waals surface area contributed by atoms with Crippen molar-refractivity contribution in [1.29, 1.82) is 0 Å². The number of H-pyrrole nitrogens is 1. The fraction of sp³-hybridized carbons (Fsp3) is 0.231. The van der Waals surface area contributed by atoms with Gasteiger partial charge < -0.3 is 10.3 Å². The third-order valence-corrected chi connectivity index (χ3v) is 3.48. The average Bonchev–Trinajstić information content (AvgIpc) is 2.80. The molecule has 0 atom stereocenters. The maximum absolute atomic E-state index is 11.5. The summed E-state index contributed by atoms with van der Waals surface area (Å²) >= 11 is 6.14. The molecule has 0 saturated heterocycles. The van der Waals surface area contributed by atoms with Crippen LogP contribution in [0.1, 0.15) is 16.8 Å². The van der Waals surface area contributed by atoms with Crippen LogP contribution in [0.2, 0.25) is 5.02 Å². The highest BCUT2D eigenvalue weighted by molar-refractivity contribution is 6.31. The van der Waals surface area contributed by atoms with Crippen molar-refractivity contribution in [3.63, 3.8) is 0 Å². The summed E-state index contributed by atoms with van der Waals surface area (Å²) in [5.74, 6) is 0.709. The zero-order chi connectivity index (χ0) is 12.5. The highest BCUT2D eigenvalue weighted by atomic mass is 35.5. The number of anilines is 1. The van der Waals surface area contributed by atoms with Gasteiger partial charge in [0.2, 0.25) is 0 Å². The number of hydrogen-bond acceptors (Lipinski definition) is 3. The molecule has 1 aliphatic heterocycles. The number of nitrogens with zero attached hydrogens (tertiary/aromatic N) is 1. The van der Waals surface area contributed by atoms with Crippen LogP contribution < -0.4 is 11.0 Å². The summed E-state index contributed by atoms with van der Waals surface area (Å²) in [5.41, 5.74) is 2.69. The van der Waals surface area contributed by atoms with Crippen molar-refractivity contribution in [2.24, 2.45) is 0 Å². The minimum absolute atomic E-state index is 0.315. The molecule has 5 heteroatoms. The monoisotopic (exact) mass is 261 g/mol. The summed E-state index contributed by atoms with van der Waals surface area (Å²) in [7, 11) is 0. The fourth-order valence-electron chi connectivity index (χ4n) is 2.25. The number of aromatic nitrogens is 2. The average molecular weight is 262 g/mol. The Bertz CT molecular complexity index is 651. The molecule has 0 fully saturated rings. The molecular formula is C13H12ClN3O. The van der Waals surface area contributed by atoms with Crippen LogP contribution in [-0.2, 0) is 12.8 Å². The molecule has 0 unspecified atom stereocenters. The van der Waals surface area contributed by atoms with Gasteiger partial charge in [0.05, 0.1) is 0 Å². The number of aromatic amines is 1. The van der Waals surface area contributed by atoms with E-state index in [1.807, 2.05) is 24.3 Å². The molecule has 0 radical (unpaired) electrons. The first-order chi connectivity index (χ1) is 8.74. The molecule has 3 rings (SSSR count). The molecule has 0 bridgehead atoms. The topological polar surface area (TPSA) is 57.8 Å². The standard InChI is InChI=1S/C13H12ClN3O/c14-10-4-2-1-3-8(10)7-11-9-5-6-15-12(9)17-13(18)16-11/h1-4H,5-7H2,(H2,15,16,17,18). The Balaban J connectivity index is 2.04. The number of fused-ring (bicyclic) bond motifs is 1. The van der Waals surface area contributed by atoms with Crippen molar-refractivity contribution >= 4 is 17.4 Å². The van der Waals surface area contributed by atoms with Crippen LogP contribution in [0.4, 0.5) is 5.82 Å². The molecule has 1 aliphatic rings. The van der Waals surface area contributed by atoms with E-state index >= 15 is 0 Å².